The molecule has 4 aromatic rings. The quantitative estimate of drug-likeness (QED) is 0.438. The summed E-state index contributed by atoms with van der Waals surface area (Å²) in [5.41, 5.74) is 2.00. The van der Waals surface area contributed by atoms with Crippen molar-refractivity contribution in [2.75, 3.05) is 19.0 Å². The number of hydrogen-bond acceptors (Lipinski definition) is 6. The third kappa shape index (κ3) is 4.77. The molecule has 166 valence electrons. The van der Waals surface area contributed by atoms with Gasteiger partial charge in [0, 0.05) is 11.8 Å². The standard InChI is InChI=1S/C25H23N5O3/c1-3-33-21-11-8-17(14-22(21)32-2)9-13-24(31)29-25-19(15-26)16-27-30(25)23-12-10-18-6-4-5-7-20(18)28-23/h4-8,10-12,14,16H,3,9,13H2,1-2H3,(H,29,31). The monoisotopic (exact) mass is 441 g/mol. The molecule has 0 spiro atoms. The summed E-state index contributed by atoms with van der Waals surface area (Å²) in [7, 11) is 1.58. The van der Waals surface area contributed by atoms with E-state index in [1.807, 2.05) is 55.5 Å². The summed E-state index contributed by atoms with van der Waals surface area (Å²) < 4.78 is 12.4. The van der Waals surface area contributed by atoms with Crippen LogP contribution < -0.4 is 14.8 Å². The first-order valence-electron chi connectivity index (χ1n) is 10.6. The Morgan fingerprint density at radius 1 is 1.15 bits per heavy atom. The number of nitrogens with one attached hydrogen (secondary N) is 1. The van der Waals surface area contributed by atoms with E-state index in [2.05, 4.69) is 21.5 Å². The van der Waals surface area contributed by atoms with Gasteiger partial charge in [-0.3, -0.25) is 4.79 Å². The lowest BCUT2D eigenvalue weighted by Gasteiger charge is -2.12. The Balaban J connectivity index is 1.51. The minimum absolute atomic E-state index is 0.221. The van der Waals surface area contributed by atoms with Crippen molar-refractivity contribution in [2.24, 2.45) is 0 Å². The van der Waals surface area contributed by atoms with Crippen molar-refractivity contribution in [2.45, 2.75) is 19.8 Å². The first-order chi connectivity index (χ1) is 16.1. The van der Waals surface area contributed by atoms with Crippen molar-refractivity contribution in [3.8, 4) is 23.4 Å². The molecule has 0 saturated carbocycles. The Labute approximate surface area is 191 Å². The molecule has 0 aliphatic rings. The Morgan fingerprint density at radius 2 is 2.00 bits per heavy atom. The Morgan fingerprint density at radius 3 is 2.79 bits per heavy atom. The van der Waals surface area contributed by atoms with Gasteiger partial charge in [0.05, 0.1) is 25.4 Å². The van der Waals surface area contributed by atoms with Crippen LogP contribution in [0.5, 0.6) is 11.5 Å². The molecule has 8 heteroatoms. The van der Waals surface area contributed by atoms with E-state index in [0.29, 0.717) is 36.2 Å². The molecule has 0 atom stereocenters. The van der Waals surface area contributed by atoms with Crippen LogP contribution in [0.1, 0.15) is 24.5 Å². The number of ether oxygens (including phenoxy) is 2. The number of pyridine rings is 1. The highest BCUT2D eigenvalue weighted by Gasteiger charge is 2.16. The Hall–Kier alpha value is -4.38. The van der Waals surface area contributed by atoms with Crippen LogP contribution in [0.25, 0.3) is 16.7 Å². The molecule has 0 fully saturated rings. The molecule has 0 bridgehead atoms. The van der Waals surface area contributed by atoms with Gasteiger partial charge >= 0.3 is 0 Å². The molecule has 1 N–H and O–H groups in total. The van der Waals surface area contributed by atoms with Gasteiger partial charge < -0.3 is 14.8 Å². The van der Waals surface area contributed by atoms with Crippen LogP contribution in [-0.4, -0.2) is 34.4 Å². The second kappa shape index (κ2) is 9.83. The van der Waals surface area contributed by atoms with Crippen molar-refractivity contribution in [3.63, 3.8) is 0 Å². The molecule has 0 aliphatic carbocycles. The summed E-state index contributed by atoms with van der Waals surface area (Å²) >= 11 is 0. The van der Waals surface area contributed by atoms with Gasteiger partial charge in [-0.2, -0.15) is 15.0 Å². The zero-order chi connectivity index (χ0) is 23.2. The maximum atomic E-state index is 12.7. The molecule has 0 aliphatic heterocycles. The minimum Gasteiger partial charge on any atom is -0.493 e. The molecule has 0 saturated heterocycles. The number of benzene rings is 2. The number of carbonyl (C=O) groups excluding carboxylic acids is 1. The Bertz CT molecular complexity index is 1340. The molecule has 0 radical (unpaired) electrons. The van der Waals surface area contributed by atoms with Gasteiger partial charge in [-0.05, 0) is 49.2 Å². The van der Waals surface area contributed by atoms with Crippen molar-refractivity contribution in [3.05, 3.63) is 71.9 Å². The normalized spacial score (nSPS) is 10.6. The van der Waals surface area contributed by atoms with Gasteiger partial charge in [0.2, 0.25) is 5.91 Å². The summed E-state index contributed by atoms with van der Waals surface area (Å²) in [5, 5.41) is 17.6. The van der Waals surface area contributed by atoms with Crippen molar-refractivity contribution in [1.82, 2.24) is 14.8 Å². The lowest BCUT2D eigenvalue weighted by atomic mass is 10.1. The van der Waals surface area contributed by atoms with E-state index in [1.54, 1.807) is 13.2 Å². The number of amides is 1. The second-order valence-electron chi connectivity index (χ2n) is 7.26. The fraction of sp³-hybridized carbons (Fsp3) is 0.200. The number of fused-ring (bicyclic) bond motifs is 1. The predicted molar refractivity (Wildman–Crippen MR) is 125 cm³/mol. The van der Waals surface area contributed by atoms with Crippen molar-refractivity contribution >= 4 is 22.6 Å². The van der Waals surface area contributed by atoms with E-state index < -0.39 is 0 Å². The smallest absolute Gasteiger partial charge is 0.225 e. The number of carbonyl (C=O) groups is 1. The first-order valence-corrected chi connectivity index (χ1v) is 10.6. The van der Waals surface area contributed by atoms with E-state index in [1.165, 1.54) is 10.9 Å². The van der Waals surface area contributed by atoms with E-state index in [4.69, 9.17) is 9.47 Å². The number of anilines is 1. The van der Waals surface area contributed by atoms with Gasteiger partial charge in [-0.15, -0.1) is 0 Å². The number of rotatable bonds is 8. The lowest BCUT2D eigenvalue weighted by molar-refractivity contribution is -0.116. The third-order valence-corrected chi connectivity index (χ3v) is 5.12. The molecule has 4 rings (SSSR count). The van der Waals surface area contributed by atoms with Crippen LogP contribution in [-0.2, 0) is 11.2 Å². The number of hydrogen-bond donors (Lipinski definition) is 1. The van der Waals surface area contributed by atoms with Crippen LogP contribution in [0.3, 0.4) is 0 Å². The van der Waals surface area contributed by atoms with Crippen LogP contribution >= 0.6 is 0 Å². The van der Waals surface area contributed by atoms with Gasteiger partial charge in [0.1, 0.15) is 11.6 Å². The zero-order valence-corrected chi connectivity index (χ0v) is 18.4. The van der Waals surface area contributed by atoms with Crippen molar-refractivity contribution in [1.29, 1.82) is 5.26 Å². The summed E-state index contributed by atoms with van der Waals surface area (Å²) in [4.78, 5) is 17.3. The Kier molecular flexibility index (Phi) is 6.51. The molecule has 0 unspecified atom stereocenters. The average Bonchev–Trinajstić information content (AvgIpc) is 3.25. The van der Waals surface area contributed by atoms with Gasteiger partial charge in [0.25, 0.3) is 0 Å². The predicted octanol–water partition coefficient (Wildman–Crippen LogP) is 4.27. The molecule has 33 heavy (non-hydrogen) atoms. The molecule has 2 aromatic heterocycles. The SMILES string of the molecule is CCOc1ccc(CCC(=O)Nc2c(C#N)cnn2-c2ccc3ccccc3n2)cc1OC. The van der Waals surface area contributed by atoms with Crippen molar-refractivity contribution < 1.29 is 14.3 Å². The summed E-state index contributed by atoms with van der Waals surface area (Å²) in [6.45, 7) is 2.45. The number of nitrogens with zero attached hydrogens (tertiary/aromatic N) is 4. The van der Waals surface area contributed by atoms with Gasteiger partial charge in [-0.1, -0.05) is 24.3 Å². The van der Waals surface area contributed by atoms with E-state index in [0.717, 1.165) is 16.5 Å². The van der Waals surface area contributed by atoms with E-state index >= 15 is 0 Å². The maximum Gasteiger partial charge on any atom is 0.225 e. The number of aromatic nitrogens is 3. The largest absolute Gasteiger partial charge is 0.493 e. The molecule has 8 nitrogen and oxygen atoms in total. The number of aryl methyl sites for hydroxylation is 1. The molecular weight excluding hydrogens is 418 g/mol. The molecule has 2 heterocycles. The second-order valence-corrected chi connectivity index (χ2v) is 7.26. The van der Waals surface area contributed by atoms with Gasteiger partial charge in [0.15, 0.2) is 23.1 Å². The minimum atomic E-state index is -0.234. The molecule has 2 aromatic carbocycles. The number of nitriles is 1. The van der Waals surface area contributed by atoms with Gasteiger partial charge in [-0.25, -0.2) is 4.98 Å². The van der Waals surface area contributed by atoms with Crippen LogP contribution in [0.2, 0.25) is 0 Å². The highest BCUT2D eigenvalue weighted by molar-refractivity contribution is 5.91. The molecule has 1 amide bonds. The topological polar surface area (TPSA) is 102 Å². The third-order valence-electron chi connectivity index (χ3n) is 5.12. The summed E-state index contributed by atoms with van der Waals surface area (Å²) in [5.74, 6) is 1.87. The average molecular weight is 441 g/mol. The highest BCUT2D eigenvalue weighted by Crippen LogP contribution is 2.28. The first kappa shape index (κ1) is 21.8. The zero-order valence-electron chi connectivity index (χ0n) is 18.4. The maximum absolute atomic E-state index is 12.7. The van der Waals surface area contributed by atoms with E-state index in [9.17, 15) is 10.1 Å². The van der Waals surface area contributed by atoms with Crippen LogP contribution in [0.15, 0.2) is 60.8 Å². The summed E-state index contributed by atoms with van der Waals surface area (Å²) in [6.07, 6.45) is 2.14. The van der Waals surface area contributed by atoms with Crippen LogP contribution in [0, 0.1) is 11.3 Å². The molecular formula is C25H23N5O3. The number of para-hydroxylation sites is 1. The number of methoxy groups -OCH3 is 1. The fourth-order valence-corrected chi connectivity index (χ4v) is 3.49. The highest BCUT2D eigenvalue weighted by atomic mass is 16.5. The lowest BCUT2D eigenvalue weighted by Crippen LogP contribution is -2.16. The van der Waals surface area contributed by atoms with E-state index in [-0.39, 0.29) is 17.9 Å². The van der Waals surface area contributed by atoms with Crippen LogP contribution in [0.4, 0.5) is 5.82 Å². The fourth-order valence-electron chi connectivity index (χ4n) is 3.49. The summed E-state index contributed by atoms with van der Waals surface area (Å²) in [6, 6.07) is 19.1.